The van der Waals surface area contributed by atoms with Crippen molar-refractivity contribution >= 4 is 27.5 Å². The summed E-state index contributed by atoms with van der Waals surface area (Å²) in [6, 6.07) is 4.93. The largest absolute Gasteiger partial charge is 0.508 e. The molecule has 9 nitrogen and oxygen atoms in total. The molecule has 2 aromatic carbocycles. The fourth-order valence-electron chi connectivity index (χ4n) is 7.62. The van der Waals surface area contributed by atoms with Crippen LogP contribution in [-0.4, -0.2) is 88.3 Å². The van der Waals surface area contributed by atoms with Gasteiger partial charge in [-0.25, -0.2) is 18.2 Å². The van der Waals surface area contributed by atoms with Gasteiger partial charge >= 0.3 is 6.01 Å². The van der Waals surface area contributed by atoms with Gasteiger partial charge in [-0.1, -0.05) is 12.0 Å². The summed E-state index contributed by atoms with van der Waals surface area (Å²) in [4.78, 5) is 18.1. The van der Waals surface area contributed by atoms with E-state index in [0.717, 1.165) is 19.4 Å². The number of aromatic hydroxyl groups is 1. The number of rotatable bonds is 4. The van der Waals surface area contributed by atoms with Gasteiger partial charge in [0.05, 0.1) is 36.4 Å². The Morgan fingerprint density at radius 2 is 2.02 bits per heavy atom. The van der Waals surface area contributed by atoms with Gasteiger partial charge in [0, 0.05) is 23.9 Å². The molecule has 4 atom stereocenters. The molecule has 3 saturated heterocycles. The van der Waals surface area contributed by atoms with Crippen LogP contribution in [0.5, 0.6) is 17.6 Å². The highest BCUT2D eigenvalue weighted by Crippen LogP contribution is 2.45. The molecule has 0 aliphatic carbocycles. The Morgan fingerprint density at radius 1 is 1.16 bits per heavy atom. The maximum atomic E-state index is 16.9. The fourth-order valence-corrected chi connectivity index (χ4v) is 7.62. The zero-order valence-corrected chi connectivity index (χ0v) is 24.5. The molecular formula is C33H30F3N5O4. The smallest absolute Gasteiger partial charge is 0.319 e. The molecule has 0 saturated carbocycles. The molecule has 232 valence electrons. The van der Waals surface area contributed by atoms with Crippen LogP contribution in [-0.2, 0) is 4.74 Å². The van der Waals surface area contributed by atoms with Gasteiger partial charge in [-0.15, -0.1) is 6.42 Å². The number of aromatic nitrogens is 3. The first-order chi connectivity index (χ1) is 21.8. The summed E-state index contributed by atoms with van der Waals surface area (Å²) in [5.41, 5.74) is -0.808. The lowest BCUT2D eigenvalue weighted by Gasteiger charge is -2.40. The normalized spacial score (nSPS) is 25.9. The van der Waals surface area contributed by atoms with Gasteiger partial charge in [0.1, 0.15) is 53.4 Å². The number of morpholine rings is 1. The van der Waals surface area contributed by atoms with Gasteiger partial charge < -0.3 is 24.2 Å². The number of phenolic OH excluding ortho intramolecular Hbond substituents is 1. The molecule has 0 radical (unpaired) electrons. The molecule has 1 N–H and O–H groups in total. The number of hydrogen-bond acceptors (Lipinski definition) is 9. The monoisotopic (exact) mass is 617 g/mol. The van der Waals surface area contributed by atoms with Crippen LogP contribution in [0.1, 0.15) is 31.7 Å². The minimum atomic E-state index is -0.938. The summed E-state index contributed by atoms with van der Waals surface area (Å²) in [5, 5.41) is 11.5. The second kappa shape index (κ2) is 10.4. The van der Waals surface area contributed by atoms with E-state index in [4.69, 9.17) is 25.6 Å². The van der Waals surface area contributed by atoms with Gasteiger partial charge in [0.2, 0.25) is 5.88 Å². The Kier molecular flexibility index (Phi) is 6.48. The lowest BCUT2D eigenvalue weighted by atomic mass is 9.95. The molecular weight excluding hydrogens is 587 g/mol. The second-order valence-electron chi connectivity index (χ2n) is 12.4. The zero-order chi connectivity index (χ0) is 31.0. The number of nitrogens with zero attached hydrogens (tertiary/aromatic N) is 5. The van der Waals surface area contributed by atoms with E-state index in [1.807, 2.05) is 11.8 Å². The van der Waals surface area contributed by atoms with E-state index in [2.05, 4.69) is 20.8 Å². The number of ether oxygens (including phenoxy) is 3. The average molecular weight is 618 g/mol. The SMILES string of the molecule is C#Cc1c(F)ccc2cc(O)cc(-c3nc4c5c(nc(OC[C@@]67CCCN6C[C@H](F)C7)nc5c3F)N3[C@@H](COC[C@@H]3C)CO4)c12. The van der Waals surface area contributed by atoms with Crippen LogP contribution in [0.4, 0.5) is 19.0 Å². The lowest BCUT2D eigenvalue weighted by molar-refractivity contribution is 0.0564. The number of benzene rings is 2. The van der Waals surface area contributed by atoms with E-state index < -0.39 is 23.3 Å². The summed E-state index contributed by atoms with van der Waals surface area (Å²) in [7, 11) is 0. The third-order valence-corrected chi connectivity index (χ3v) is 9.59. The summed E-state index contributed by atoms with van der Waals surface area (Å²) >= 11 is 0. The van der Waals surface area contributed by atoms with Crippen molar-refractivity contribution in [1.29, 1.82) is 0 Å². The highest BCUT2D eigenvalue weighted by molar-refractivity contribution is 6.04. The van der Waals surface area contributed by atoms with E-state index in [-0.39, 0.29) is 76.0 Å². The molecule has 4 aliphatic heterocycles. The van der Waals surface area contributed by atoms with Crippen LogP contribution in [0, 0.1) is 24.0 Å². The molecule has 3 fully saturated rings. The number of anilines is 1. The number of hydrogen-bond donors (Lipinski definition) is 1. The second-order valence-corrected chi connectivity index (χ2v) is 12.4. The third-order valence-electron chi connectivity index (χ3n) is 9.59. The van der Waals surface area contributed by atoms with Gasteiger partial charge in [-0.05, 0) is 49.9 Å². The Hall–Kier alpha value is -4.34. The number of terminal acetylenes is 1. The van der Waals surface area contributed by atoms with Crippen LogP contribution >= 0.6 is 0 Å². The molecule has 6 heterocycles. The molecule has 45 heavy (non-hydrogen) atoms. The Labute approximate surface area is 256 Å². The van der Waals surface area contributed by atoms with Crippen molar-refractivity contribution in [3.05, 3.63) is 41.5 Å². The first-order valence-electron chi connectivity index (χ1n) is 15.1. The quantitative estimate of drug-likeness (QED) is 0.326. The van der Waals surface area contributed by atoms with Crippen LogP contribution in [0.2, 0.25) is 0 Å². The van der Waals surface area contributed by atoms with Crippen molar-refractivity contribution in [2.45, 2.75) is 50.0 Å². The van der Waals surface area contributed by atoms with Crippen molar-refractivity contribution in [2.75, 3.05) is 44.4 Å². The van der Waals surface area contributed by atoms with Crippen LogP contribution in [0.15, 0.2) is 24.3 Å². The molecule has 8 rings (SSSR count). The highest BCUT2D eigenvalue weighted by Gasteiger charge is 2.49. The maximum absolute atomic E-state index is 16.9. The van der Waals surface area contributed by atoms with Crippen LogP contribution < -0.4 is 14.4 Å². The minimum absolute atomic E-state index is 0.0569. The first-order valence-corrected chi connectivity index (χ1v) is 15.1. The highest BCUT2D eigenvalue weighted by atomic mass is 19.1. The number of halogens is 3. The van der Waals surface area contributed by atoms with Gasteiger partial charge in [0.25, 0.3) is 0 Å². The van der Waals surface area contributed by atoms with Crippen molar-refractivity contribution in [1.82, 2.24) is 19.9 Å². The zero-order valence-electron chi connectivity index (χ0n) is 24.5. The van der Waals surface area contributed by atoms with Crippen LogP contribution in [0.3, 0.4) is 0 Å². The number of alkyl halides is 1. The summed E-state index contributed by atoms with van der Waals surface area (Å²) in [6.45, 7) is 4.25. The van der Waals surface area contributed by atoms with Gasteiger partial charge in [-0.3, -0.25) is 4.90 Å². The van der Waals surface area contributed by atoms with E-state index >= 15 is 4.39 Å². The van der Waals surface area contributed by atoms with Gasteiger partial charge in [0.15, 0.2) is 5.82 Å². The number of phenols is 1. The van der Waals surface area contributed by atoms with E-state index in [0.29, 0.717) is 37.4 Å². The number of fused-ring (bicyclic) bond motifs is 4. The van der Waals surface area contributed by atoms with E-state index in [9.17, 15) is 13.9 Å². The topological polar surface area (TPSA) is 93.1 Å². The average Bonchev–Trinajstić information content (AvgIpc) is 3.49. The molecule has 0 bridgehead atoms. The summed E-state index contributed by atoms with van der Waals surface area (Å²) in [6.07, 6.45) is 6.84. The summed E-state index contributed by atoms with van der Waals surface area (Å²) in [5.74, 6) is 1.15. The lowest BCUT2D eigenvalue weighted by Crippen LogP contribution is -2.53. The van der Waals surface area contributed by atoms with Gasteiger partial charge in [-0.2, -0.15) is 9.97 Å². The molecule has 0 spiro atoms. The Morgan fingerprint density at radius 3 is 2.87 bits per heavy atom. The Bertz CT molecular complexity index is 1920. The van der Waals surface area contributed by atoms with Crippen molar-refractivity contribution < 1.29 is 32.5 Å². The molecule has 4 aliphatic rings. The van der Waals surface area contributed by atoms with E-state index in [1.54, 1.807) is 0 Å². The van der Waals surface area contributed by atoms with Crippen LogP contribution in [0.25, 0.3) is 32.9 Å². The van der Waals surface area contributed by atoms with E-state index in [1.165, 1.54) is 24.3 Å². The minimum Gasteiger partial charge on any atom is -0.508 e. The standard InChI is InChI=1S/C33H30F3N5O4/c1-3-22-24(35)6-5-18-9-21(42)10-23(25(18)22)28-27(36)29-26-30(41-17(2)13-43-14-20(41)15-44-31(26)37-28)39-32(38-29)45-16-33-7-4-8-40(33)12-19(34)11-33/h1,5-6,9-10,17,19-20,42H,4,7-8,11-16H2,2H3/t17-,19+,20-,33-/m0/s1. The third kappa shape index (κ3) is 4.35. The predicted octanol–water partition coefficient (Wildman–Crippen LogP) is 4.75. The first kappa shape index (κ1) is 28.2. The molecule has 0 unspecified atom stereocenters. The van der Waals surface area contributed by atoms with Crippen molar-refractivity contribution in [2.24, 2.45) is 0 Å². The van der Waals surface area contributed by atoms with Crippen molar-refractivity contribution in [3.8, 4) is 41.2 Å². The molecule has 0 amide bonds. The summed E-state index contributed by atoms with van der Waals surface area (Å²) < 4.78 is 64.5. The predicted molar refractivity (Wildman–Crippen MR) is 160 cm³/mol. The maximum Gasteiger partial charge on any atom is 0.319 e. The molecule has 12 heteroatoms. The Balaban J connectivity index is 1.34. The van der Waals surface area contributed by atoms with Crippen molar-refractivity contribution in [3.63, 3.8) is 0 Å². The molecule has 4 aromatic rings. The number of pyridine rings is 1. The fraction of sp³-hybridized carbons (Fsp3) is 0.424. The molecule has 2 aromatic heterocycles.